The first-order chi connectivity index (χ1) is 9.04. The number of thiazole rings is 1. The number of carbonyl (C=O) groups is 1. The van der Waals surface area contributed by atoms with Crippen LogP contribution in [0.4, 0.5) is 19.6 Å². The fraction of sp³-hybridized carbons (Fsp3) is 0.0909. The van der Waals surface area contributed by atoms with Crippen molar-refractivity contribution in [2.24, 2.45) is 0 Å². The van der Waals surface area contributed by atoms with E-state index in [1.54, 1.807) is 6.20 Å². The lowest BCUT2D eigenvalue weighted by atomic mass is 10.3. The van der Waals surface area contributed by atoms with E-state index >= 15 is 0 Å². The van der Waals surface area contributed by atoms with Crippen molar-refractivity contribution >= 4 is 39.8 Å². The van der Waals surface area contributed by atoms with Gasteiger partial charge >= 0.3 is 0 Å². The predicted octanol–water partition coefficient (Wildman–Crippen LogP) is 2.73. The maximum atomic E-state index is 13.3. The Morgan fingerprint density at radius 1 is 1.47 bits per heavy atom. The lowest BCUT2D eigenvalue weighted by molar-refractivity contribution is -0.113. The molecule has 8 heteroatoms. The van der Waals surface area contributed by atoms with E-state index in [1.807, 2.05) is 0 Å². The van der Waals surface area contributed by atoms with Crippen molar-refractivity contribution in [3.05, 3.63) is 36.0 Å². The highest BCUT2D eigenvalue weighted by Crippen LogP contribution is 2.26. The minimum atomic E-state index is -0.679. The first kappa shape index (κ1) is 13.8. The molecule has 1 amide bonds. The molecule has 1 aromatic carbocycles. The van der Waals surface area contributed by atoms with Gasteiger partial charge in [0.15, 0.2) is 5.13 Å². The summed E-state index contributed by atoms with van der Waals surface area (Å²) in [6, 6.07) is 2.88. The second kappa shape index (κ2) is 5.98. The first-order valence-electron chi connectivity index (χ1n) is 5.13. The zero-order valence-electron chi connectivity index (χ0n) is 9.52. The van der Waals surface area contributed by atoms with Crippen LogP contribution in [0.2, 0.25) is 0 Å². The molecule has 0 unspecified atom stereocenters. The molecule has 0 spiro atoms. The third-order valence-electron chi connectivity index (χ3n) is 2.05. The molecule has 2 rings (SSSR count). The van der Waals surface area contributed by atoms with Crippen molar-refractivity contribution in [1.29, 1.82) is 0 Å². The predicted molar refractivity (Wildman–Crippen MR) is 72.2 cm³/mol. The highest BCUT2D eigenvalue weighted by Gasteiger charge is 2.09. The molecule has 0 saturated heterocycles. The number of nitrogens with one attached hydrogen (secondary N) is 1. The molecular weight excluding hydrogens is 292 g/mol. The van der Waals surface area contributed by atoms with Crippen molar-refractivity contribution in [2.45, 2.75) is 4.21 Å². The number of anilines is 2. The Balaban J connectivity index is 1.92. The molecular formula is C11H9F2N3OS2. The molecule has 0 bridgehead atoms. The van der Waals surface area contributed by atoms with Crippen LogP contribution in [0.5, 0.6) is 0 Å². The van der Waals surface area contributed by atoms with E-state index in [2.05, 4.69) is 10.3 Å². The zero-order valence-corrected chi connectivity index (χ0v) is 11.2. The molecule has 1 aromatic heterocycles. The van der Waals surface area contributed by atoms with Crippen LogP contribution in [0, 0.1) is 11.6 Å². The Morgan fingerprint density at radius 3 is 2.95 bits per heavy atom. The third-order valence-corrected chi connectivity index (χ3v) is 4.07. The fourth-order valence-electron chi connectivity index (χ4n) is 1.26. The van der Waals surface area contributed by atoms with Crippen LogP contribution in [0.1, 0.15) is 0 Å². The Hall–Kier alpha value is -1.67. The second-order valence-electron chi connectivity index (χ2n) is 3.48. The van der Waals surface area contributed by atoms with E-state index in [0.29, 0.717) is 5.13 Å². The summed E-state index contributed by atoms with van der Waals surface area (Å²) in [6.45, 7) is 0. The Labute approximate surface area is 116 Å². The first-order valence-corrected chi connectivity index (χ1v) is 6.94. The number of nitrogen functional groups attached to an aromatic ring is 1. The molecule has 100 valence electrons. The summed E-state index contributed by atoms with van der Waals surface area (Å²) in [6.07, 6.45) is 1.56. The fourth-order valence-corrected chi connectivity index (χ4v) is 2.81. The van der Waals surface area contributed by atoms with Gasteiger partial charge in [-0.25, -0.2) is 13.8 Å². The Kier molecular flexibility index (Phi) is 4.33. The number of aromatic nitrogens is 1. The van der Waals surface area contributed by atoms with Gasteiger partial charge in [-0.15, -0.1) is 11.8 Å². The van der Waals surface area contributed by atoms with E-state index < -0.39 is 17.5 Å². The summed E-state index contributed by atoms with van der Waals surface area (Å²) >= 11 is 2.48. The van der Waals surface area contributed by atoms with E-state index in [4.69, 9.17) is 5.73 Å². The van der Waals surface area contributed by atoms with Crippen LogP contribution < -0.4 is 11.1 Å². The summed E-state index contributed by atoms with van der Waals surface area (Å²) in [4.78, 5) is 15.4. The second-order valence-corrected chi connectivity index (χ2v) is 5.82. The largest absolute Gasteiger partial charge is 0.375 e. The number of amides is 1. The van der Waals surface area contributed by atoms with Gasteiger partial charge < -0.3 is 11.1 Å². The van der Waals surface area contributed by atoms with Crippen LogP contribution in [-0.4, -0.2) is 16.6 Å². The number of hydrogen-bond donors (Lipinski definition) is 2. The number of rotatable bonds is 4. The average molecular weight is 301 g/mol. The average Bonchev–Trinajstić information content (AvgIpc) is 2.77. The van der Waals surface area contributed by atoms with Crippen molar-refractivity contribution in [3.8, 4) is 0 Å². The minimum absolute atomic E-state index is 0.0671. The van der Waals surface area contributed by atoms with Crippen molar-refractivity contribution < 1.29 is 13.6 Å². The molecule has 0 aliphatic rings. The molecule has 0 atom stereocenters. The molecule has 4 nitrogen and oxygen atoms in total. The van der Waals surface area contributed by atoms with Crippen molar-refractivity contribution in [1.82, 2.24) is 4.98 Å². The smallest absolute Gasteiger partial charge is 0.234 e. The molecule has 19 heavy (non-hydrogen) atoms. The van der Waals surface area contributed by atoms with Crippen molar-refractivity contribution in [3.63, 3.8) is 0 Å². The van der Waals surface area contributed by atoms with E-state index in [0.717, 1.165) is 22.4 Å². The Morgan fingerprint density at radius 2 is 2.26 bits per heavy atom. The molecule has 2 aromatic rings. The van der Waals surface area contributed by atoms with Gasteiger partial charge in [-0.3, -0.25) is 4.79 Å². The SMILES string of the molecule is Nc1ncc(SCC(=O)Nc2cc(F)ccc2F)s1. The maximum absolute atomic E-state index is 13.3. The van der Waals surface area contributed by atoms with E-state index in [1.165, 1.54) is 23.1 Å². The summed E-state index contributed by atoms with van der Waals surface area (Å²) in [5.74, 6) is -1.65. The quantitative estimate of drug-likeness (QED) is 0.852. The number of nitrogens with zero attached hydrogens (tertiary/aromatic N) is 1. The van der Waals surface area contributed by atoms with E-state index in [9.17, 15) is 13.6 Å². The summed E-state index contributed by atoms with van der Waals surface area (Å²) in [5.41, 5.74) is 5.28. The molecule has 0 saturated carbocycles. The van der Waals surface area contributed by atoms with Gasteiger partial charge in [-0.1, -0.05) is 11.3 Å². The van der Waals surface area contributed by atoms with Gasteiger partial charge in [-0.2, -0.15) is 0 Å². The van der Waals surface area contributed by atoms with Gasteiger partial charge in [0.05, 0.1) is 21.8 Å². The van der Waals surface area contributed by atoms with Gasteiger partial charge in [-0.05, 0) is 12.1 Å². The van der Waals surface area contributed by atoms with Gasteiger partial charge in [0.1, 0.15) is 11.6 Å². The molecule has 0 aliphatic heterocycles. The highest BCUT2D eigenvalue weighted by atomic mass is 32.2. The number of thioether (sulfide) groups is 1. The molecule has 0 radical (unpaired) electrons. The van der Waals surface area contributed by atoms with Crippen LogP contribution >= 0.6 is 23.1 Å². The van der Waals surface area contributed by atoms with Crippen molar-refractivity contribution in [2.75, 3.05) is 16.8 Å². The number of hydrogen-bond acceptors (Lipinski definition) is 5. The number of halogens is 2. The summed E-state index contributed by atoms with van der Waals surface area (Å²) in [5, 5.41) is 2.72. The Bertz CT molecular complexity index is 603. The van der Waals surface area contributed by atoms with Crippen LogP contribution in [-0.2, 0) is 4.79 Å². The summed E-state index contributed by atoms with van der Waals surface area (Å²) in [7, 11) is 0. The molecule has 3 N–H and O–H groups in total. The molecule has 1 heterocycles. The minimum Gasteiger partial charge on any atom is -0.375 e. The number of nitrogens with two attached hydrogens (primary N) is 1. The third kappa shape index (κ3) is 3.90. The van der Waals surface area contributed by atoms with E-state index in [-0.39, 0.29) is 11.4 Å². The normalized spacial score (nSPS) is 10.4. The topological polar surface area (TPSA) is 68.0 Å². The lowest BCUT2D eigenvalue weighted by Crippen LogP contribution is -2.15. The van der Waals surface area contributed by atoms with Gasteiger partial charge in [0.25, 0.3) is 0 Å². The van der Waals surface area contributed by atoms with Crippen LogP contribution in [0.25, 0.3) is 0 Å². The maximum Gasteiger partial charge on any atom is 0.234 e. The van der Waals surface area contributed by atoms with Crippen LogP contribution in [0.15, 0.2) is 28.6 Å². The standard InChI is InChI=1S/C11H9F2N3OS2/c12-6-1-2-7(13)8(3-6)16-9(17)5-18-10-4-15-11(14)19-10/h1-4H,5H2,(H2,14,15)(H,16,17). The van der Waals surface area contributed by atoms with Gasteiger partial charge in [0.2, 0.25) is 5.91 Å². The summed E-state index contributed by atoms with van der Waals surface area (Å²) < 4.78 is 27.0. The van der Waals surface area contributed by atoms with Crippen LogP contribution in [0.3, 0.4) is 0 Å². The van der Waals surface area contributed by atoms with Gasteiger partial charge in [0, 0.05) is 6.07 Å². The number of benzene rings is 1. The molecule has 0 fully saturated rings. The zero-order chi connectivity index (χ0) is 13.8. The molecule has 0 aliphatic carbocycles. The highest BCUT2D eigenvalue weighted by molar-refractivity contribution is 8.01. The number of carbonyl (C=O) groups excluding carboxylic acids is 1. The lowest BCUT2D eigenvalue weighted by Gasteiger charge is -2.05. The monoisotopic (exact) mass is 301 g/mol.